The van der Waals surface area contributed by atoms with Crippen LogP contribution in [0.25, 0.3) is 0 Å². The Kier molecular flexibility index (Phi) is 5.96. The Bertz CT molecular complexity index is 470. The van der Waals surface area contributed by atoms with Crippen LogP contribution in [0.15, 0.2) is 24.3 Å². The Morgan fingerprint density at radius 1 is 1.29 bits per heavy atom. The molecule has 4 nitrogen and oxygen atoms in total. The van der Waals surface area contributed by atoms with Gasteiger partial charge in [-0.15, -0.1) is 0 Å². The fourth-order valence-corrected chi connectivity index (χ4v) is 2.72. The third-order valence-corrected chi connectivity index (χ3v) is 3.71. The molecular formula is C16H23NO3S. The van der Waals surface area contributed by atoms with Gasteiger partial charge in [-0.2, -0.15) is 0 Å². The van der Waals surface area contributed by atoms with Crippen LogP contribution in [0.4, 0.5) is 0 Å². The van der Waals surface area contributed by atoms with Crippen molar-refractivity contribution in [1.29, 1.82) is 0 Å². The zero-order valence-corrected chi connectivity index (χ0v) is 13.4. The first kappa shape index (κ1) is 16.2. The molecule has 1 fully saturated rings. The molecule has 0 spiro atoms. The maximum absolute atomic E-state index is 5.87. The topological polar surface area (TPSA) is 53.7 Å². The molecule has 21 heavy (non-hydrogen) atoms. The van der Waals surface area contributed by atoms with Crippen LogP contribution < -0.4 is 10.5 Å². The van der Waals surface area contributed by atoms with Crippen molar-refractivity contribution in [3.63, 3.8) is 0 Å². The molecule has 1 heterocycles. The van der Waals surface area contributed by atoms with Gasteiger partial charge in [-0.25, -0.2) is 0 Å². The number of hydrogen-bond donors (Lipinski definition) is 1. The number of ether oxygens (including phenoxy) is 3. The molecule has 1 aliphatic rings. The molecule has 1 aromatic carbocycles. The average molecular weight is 309 g/mol. The summed E-state index contributed by atoms with van der Waals surface area (Å²) in [6.07, 6.45) is 2.68. The maximum Gasteiger partial charge on any atom is 0.120 e. The summed E-state index contributed by atoms with van der Waals surface area (Å²) in [5.74, 6) is 0.762. The lowest BCUT2D eigenvalue weighted by molar-refractivity contribution is -0.104. The molecule has 2 atom stereocenters. The van der Waals surface area contributed by atoms with E-state index < -0.39 is 0 Å². The van der Waals surface area contributed by atoms with Crippen molar-refractivity contribution in [2.75, 3.05) is 13.2 Å². The first-order chi connectivity index (χ1) is 10.0. The summed E-state index contributed by atoms with van der Waals surface area (Å²) in [4.78, 5) is 0.377. The van der Waals surface area contributed by atoms with Crippen molar-refractivity contribution >= 4 is 17.2 Å². The highest BCUT2D eigenvalue weighted by atomic mass is 32.1. The monoisotopic (exact) mass is 309 g/mol. The molecular weight excluding hydrogens is 286 g/mol. The number of rotatable bonds is 6. The van der Waals surface area contributed by atoms with Gasteiger partial charge in [0.05, 0.1) is 24.9 Å². The lowest BCUT2D eigenvalue weighted by atomic mass is 10.0. The van der Waals surface area contributed by atoms with E-state index in [1.54, 1.807) is 0 Å². The molecule has 5 heteroatoms. The quantitative estimate of drug-likeness (QED) is 0.647. The van der Waals surface area contributed by atoms with Crippen LogP contribution in [0.1, 0.15) is 32.3 Å². The smallest absolute Gasteiger partial charge is 0.120 e. The third kappa shape index (κ3) is 5.26. The van der Waals surface area contributed by atoms with Gasteiger partial charge in [0.1, 0.15) is 17.3 Å². The van der Waals surface area contributed by atoms with E-state index >= 15 is 0 Å². The second-order valence-electron chi connectivity index (χ2n) is 5.46. The van der Waals surface area contributed by atoms with Crippen molar-refractivity contribution < 1.29 is 14.2 Å². The molecule has 1 aliphatic heterocycles. The van der Waals surface area contributed by atoms with Crippen LogP contribution in [-0.4, -0.2) is 36.5 Å². The van der Waals surface area contributed by atoms with Crippen LogP contribution in [0, 0.1) is 0 Å². The molecule has 0 aromatic heterocycles. The molecule has 0 amide bonds. The minimum absolute atomic E-state index is 0.260. The van der Waals surface area contributed by atoms with E-state index in [2.05, 4.69) is 13.8 Å². The number of nitrogens with two attached hydrogens (primary N) is 1. The molecule has 2 N–H and O–H groups in total. The highest BCUT2D eigenvalue weighted by Crippen LogP contribution is 2.21. The van der Waals surface area contributed by atoms with Crippen molar-refractivity contribution in [2.45, 2.75) is 45.0 Å². The van der Waals surface area contributed by atoms with Crippen molar-refractivity contribution in [1.82, 2.24) is 0 Å². The summed E-state index contributed by atoms with van der Waals surface area (Å²) < 4.78 is 17.2. The van der Waals surface area contributed by atoms with Crippen LogP contribution in [0.2, 0.25) is 0 Å². The second kappa shape index (κ2) is 7.73. The van der Waals surface area contributed by atoms with Crippen LogP contribution >= 0.6 is 12.2 Å². The van der Waals surface area contributed by atoms with E-state index in [4.69, 9.17) is 32.2 Å². The fraction of sp³-hybridized carbons (Fsp3) is 0.562. The predicted octanol–water partition coefficient (Wildman–Crippen LogP) is 2.67. The molecule has 2 rings (SSSR count). The van der Waals surface area contributed by atoms with Gasteiger partial charge >= 0.3 is 0 Å². The highest BCUT2D eigenvalue weighted by molar-refractivity contribution is 7.80. The van der Waals surface area contributed by atoms with Crippen LogP contribution in [-0.2, 0) is 9.47 Å². The Morgan fingerprint density at radius 3 is 2.67 bits per heavy atom. The number of hydrogen-bond acceptors (Lipinski definition) is 4. The fourth-order valence-electron chi connectivity index (χ4n) is 2.59. The summed E-state index contributed by atoms with van der Waals surface area (Å²) in [7, 11) is 0. The number of benzene rings is 1. The minimum Gasteiger partial charge on any atom is -0.491 e. The zero-order chi connectivity index (χ0) is 15.2. The molecule has 116 valence electrons. The summed E-state index contributed by atoms with van der Waals surface area (Å²) in [5.41, 5.74) is 6.42. The third-order valence-electron chi connectivity index (χ3n) is 3.48. The van der Waals surface area contributed by atoms with Gasteiger partial charge in [0.25, 0.3) is 0 Å². The zero-order valence-electron chi connectivity index (χ0n) is 12.6. The Labute approximate surface area is 131 Å². The van der Waals surface area contributed by atoms with E-state index in [9.17, 15) is 0 Å². The highest BCUT2D eigenvalue weighted by Gasteiger charge is 2.24. The van der Waals surface area contributed by atoms with Crippen molar-refractivity contribution in [3.05, 3.63) is 29.8 Å². The SMILES string of the molecule is CC1CC(OCCOc2cccc(C(N)=S)c2)CC(C)O1. The van der Waals surface area contributed by atoms with Crippen molar-refractivity contribution in [3.8, 4) is 5.75 Å². The molecule has 0 saturated carbocycles. The Balaban J connectivity index is 1.72. The average Bonchev–Trinajstić information content (AvgIpc) is 2.43. The largest absolute Gasteiger partial charge is 0.491 e. The molecule has 1 aromatic rings. The summed E-state index contributed by atoms with van der Waals surface area (Å²) in [6.45, 7) is 5.26. The standard InChI is InChI=1S/C16H23NO3S/c1-11-8-15(9-12(2)20-11)19-7-6-18-14-5-3-4-13(10-14)16(17)21/h3-5,10-12,15H,6-9H2,1-2H3,(H2,17,21). The lowest BCUT2D eigenvalue weighted by Gasteiger charge is -2.31. The maximum atomic E-state index is 5.87. The van der Waals surface area contributed by atoms with Crippen LogP contribution in [0.3, 0.4) is 0 Å². The van der Waals surface area contributed by atoms with E-state index in [0.717, 1.165) is 24.2 Å². The van der Waals surface area contributed by atoms with Gasteiger partial charge in [-0.3, -0.25) is 0 Å². The van der Waals surface area contributed by atoms with Crippen molar-refractivity contribution in [2.24, 2.45) is 5.73 Å². The molecule has 2 unspecified atom stereocenters. The van der Waals surface area contributed by atoms with Gasteiger partial charge in [-0.05, 0) is 38.8 Å². The molecule has 0 aliphatic carbocycles. The van der Waals surface area contributed by atoms with E-state index in [1.807, 2.05) is 24.3 Å². The molecule has 1 saturated heterocycles. The van der Waals surface area contributed by atoms with Gasteiger partial charge in [-0.1, -0.05) is 24.4 Å². The first-order valence-corrected chi connectivity index (χ1v) is 7.75. The minimum atomic E-state index is 0.260. The summed E-state index contributed by atoms with van der Waals surface area (Å²) in [6, 6.07) is 7.49. The molecule has 0 radical (unpaired) electrons. The lowest BCUT2D eigenvalue weighted by Crippen LogP contribution is -2.34. The predicted molar refractivity (Wildman–Crippen MR) is 86.8 cm³/mol. The second-order valence-corrected chi connectivity index (χ2v) is 5.90. The number of thiocarbonyl (C=S) groups is 1. The molecule has 0 bridgehead atoms. The van der Waals surface area contributed by atoms with Gasteiger partial charge < -0.3 is 19.9 Å². The van der Waals surface area contributed by atoms with Crippen LogP contribution in [0.5, 0.6) is 5.75 Å². The van der Waals surface area contributed by atoms with E-state index in [1.165, 1.54) is 0 Å². The van der Waals surface area contributed by atoms with E-state index in [-0.39, 0.29) is 18.3 Å². The summed E-state index contributed by atoms with van der Waals surface area (Å²) >= 11 is 4.95. The Morgan fingerprint density at radius 2 is 2.00 bits per heavy atom. The first-order valence-electron chi connectivity index (χ1n) is 7.34. The summed E-state index contributed by atoms with van der Waals surface area (Å²) in [5, 5.41) is 0. The van der Waals surface area contributed by atoms with Gasteiger partial charge in [0.2, 0.25) is 0 Å². The van der Waals surface area contributed by atoms with Gasteiger partial charge in [0, 0.05) is 5.56 Å². The van der Waals surface area contributed by atoms with E-state index in [0.29, 0.717) is 18.2 Å². The Hall–Kier alpha value is -1.17. The van der Waals surface area contributed by atoms with Gasteiger partial charge in [0.15, 0.2) is 0 Å². The normalized spacial score (nSPS) is 25.5.